The summed E-state index contributed by atoms with van der Waals surface area (Å²) in [6, 6.07) is -1.58. The van der Waals surface area contributed by atoms with E-state index in [2.05, 4.69) is 0 Å². The van der Waals surface area contributed by atoms with E-state index >= 15 is 0 Å². The number of amides is 1. The lowest BCUT2D eigenvalue weighted by Gasteiger charge is -2.50. The summed E-state index contributed by atoms with van der Waals surface area (Å²) >= 11 is 0. The molecule has 0 bridgehead atoms. The average molecular weight is 247 g/mol. The third kappa shape index (κ3) is 1.89. The number of carbonyl (C=O) groups excluding carboxylic acids is 1. The van der Waals surface area contributed by atoms with Crippen LogP contribution in [0.4, 0.5) is 4.79 Å². The fourth-order valence-corrected chi connectivity index (χ4v) is 2.57. The number of nitrogens with zero attached hydrogens (tertiary/aromatic N) is 1. The summed E-state index contributed by atoms with van der Waals surface area (Å²) in [5, 5.41) is 38.4. The number of aliphatic hydroxyl groups is 4. The van der Waals surface area contributed by atoms with Crippen molar-refractivity contribution in [3.63, 3.8) is 0 Å². The predicted octanol–water partition coefficient (Wildman–Crippen LogP) is -1.96. The number of hydrogen-bond acceptors (Lipinski definition) is 6. The maximum absolute atomic E-state index is 11.7. The Balaban J connectivity index is 2.30. The molecule has 0 aliphatic carbocycles. The van der Waals surface area contributed by atoms with E-state index in [0.717, 1.165) is 4.90 Å². The van der Waals surface area contributed by atoms with Gasteiger partial charge in [0, 0.05) is 6.42 Å². The van der Waals surface area contributed by atoms with Crippen LogP contribution in [-0.2, 0) is 4.74 Å². The lowest BCUT2D eigenvalue weighted by Crippen LogP contribution is -2.70. The fourth-order valence-electron chi connectivity index (χ4n) is 2.57. The molecular weight excluding hydrogens is 230 g/mol. The van der Waals surface area contributed by atoms with Crippen molar-refractivity contribution in [2.75, 3.05) is 6.61 Å². The normalized spacial score (nSPS) is 46.4. The SMILES string of the molecule is C[C@@H]1C[C@@H]2[C@H](O)[C@@H](O)[C@H](O)[C@@H](CO)N2C(=O)O1. The lowest BCUT2D eigenvalue weighted by atomic mass is 9.85. The van der Waals surface area contributed by atoms with Crippen molar-refractivity contribution in [1.82, 2.24) is 4.90 Å². The van der Waals surface area contributed by atoms with Gasteiger partial charge >= 0.3 is 6.09 Å². The minimum atomic E-state index is -1.38. The van der Waals surface area contributed by atoms with Crippen LogP contribution in [0.25, 0.3) is 0 Å². The molecule has 0 unspecified atom stereocenters. The van der Waals surface area contributed by atoms with Crippen LogP contribution in [-0.4, -0.2) is 74.5 Å². The van der Waals surface area contributed by atoms with Crippen LogP contribution >= 0.6 is 0 Å². The first-order valence-corrected chi connectivity index (χ1v) is 5.61. The topological polar surface area (TPSA) is 110 Å². The van der Waals surface area contributed by atoms with E-state index < -0.39 is 43.1 Å². The Kier molecular flexibility index (Phi) is 3.26. The summed E-state index contributed by atoms with van der Waals surface area (Å²) in [7, 11) is 0. The molecule has 0 aromatic carbocycles. The second-order valence-corrected chi connectivity index (χ2v) is 4.63. The van der Waals surface area contributed by atoms with Crippen LogP contribution in [0.5, 0.6) is 0 Å². The van der Waals surface area contributed by atoms with Gasteiger partial charge in [0.25, 0.3) is 0 Å². The Labute approximate surface area is 98.2 Å². The molecule has 2 fully saturated rings. The Bertz CT molecular complexity index is 311. The second kappa shape index (κ2) is 4.41. The number of aliphatic hydroxyl groups excluding tert-OH is 4. The molecular formula is C10H17NO6. The van der Waals surface area contributed by atoms with E-state index in [1.54, 1.807) is 6.92 Å². The van der Waals surface area contributed by atoms with Gasteiger partial charge in [0.05, 0.1) is 18.7 Å². The number of ether oxygens (including phenoxy) is 1. The molecule has 0 radical (unpaired) electrons. The maximum atomic E-state index is 11.7. The summed E-state index contributed by atoms with van der Waals surface area (Å²) < 4.78 is 4.99. The summed E-state index contributed by atoms with van der Waals surface area (Å²) in [5.41, 5.74) is 0. The molecule has 7 heteroatoms. The highest BCUT2D eigenvalue weighted by Gasteiger charge is 2.52. The van der Waals surface area contributed by atoms with Crippen LogP contribution in [0.3, 0.4) is 0 Å². The fraction of sp³-hybridized carbons (Fsp3) is 0.900. The van der Waals surface area contributed by atoms with Crippen LogP contribution in [0.2, 0.25) is 0 Å². The highest BCUT2D eigenvalue weighted by Crippen LogP contribution is 2.31. The van der Waals surface area contributed by atoms with Crippen molar-refractivity contribution < 1.29 is 30.0 Å². The van der Waals surface area contributed by atoms with Crippen molar-refractivity contribution in [1.29, 1.82) is 0 Å². The number of carbonyl (C=O) groups is 1. The van der Waals surface area contributed by atoms with Gasteiger partial charge in [0.1, 0.15) is 24.4 Å². The zero-order chi connectivity index (χ0) is 12.7. The molecule has 1 amide bonds. The summed E-state index contributed by atoms with van der Waals surface area (Å²) in [6.07, 6.45) is -4.67. The van der Waals surface area contributed by atoms with E-state index in [-0.39, 0.29) is 6.10 Å². The van der Waals surface area contributed by atoms with Crippen LogP contribution < -0.4 is 0 Å². The molecule has 4 N–H and O–H groups in total. The molecule has 7 nitrogen and oxygen atoms in total. The lowest BCUT2D eigenvalue weighted by molar-refractivity contribution is -0.180. The molecule has 0 spiro atoms. The highest BCUT2D eigenvalue weighted by molar-refractivity contribution is 5.70. The Hall–Kier alpha value is -0.890. The third-order valence-electron chi connectivity index (χ3n) is 3.48. The first kappa shape index (κ1) is 12.6. The number of hydrogen-bond donors (Lipinski definition) is 4. The van der Waals surface area contributed by atoms with Crippen molar-refractivity contribution in [3.8, 4) is 0 Å². The molecule has 0 aromatic rings. The number of cyclic esters (lactones) is 1. The monoisotopic (exact) mass is 247 g/mol. The molecule has 2 saturated heterocycles. The molecule has 0 aromatic heterocycles. The summed E-state index contributed by atoms with van der Waals surface area (Å²) in [6.45, 7) is 1.19. The molecule has 6 atom stereocenters. The van der Waals surface area contributed by atoms with Gasteiger partial charge in [0.2, 0.25) is 0 Å². The van der Waals surface area contributed by atoms with E-state index in [9.17, 15) is 25.2 Å². The standard InChI is InChI=1S/C10H17NO6/c1-4-2-5-7(13)9(15)8(14)6(3-12)11(5)10(16)17-4/h4-9,12-15H,2-3H2,1H3/t4-,5-,6-,7+,8-,9-/m1/s1. The third-order valence-corrected chi connectivity index (χ3v) is 3.48. The van der Waals surface area contributed by atoms with Gasteiger partial charge in [-0.1, -0.05) is 0 Å². The second-order valence-electron chi connectivity index (χ2n) is 4.63. The van der Waals surface area contributed by atoms with Gasteiger partial charge in [-0.25, -0.2) is 4.79 Å². The van der Waals surface area contributed by atoms with E-state index in [4.69, 9.17) is 4.74 Å². The van der Waals surface area contributed by atoms with Gasteiger partial charge in [-0.05, 0) is 6.92 Å². The van der Waals surface area contributed by atoms with E-state index in [0.29, 0.717) is 6.42 Å². The minimum Gasteiger partial charge on any atom is -0.446 e. The average Bonchev–Trinajstić information content (AvgIpc) is 2.28. The maximum Gasteiger partial charge on any atom is 0.410 e. The summed E-state index contributed by atoms with van der Waals surface area (Å²) in [4.78, 5) is 12.8. The molecule has 2 heterocycles. The molecule has 17 heavy (non-hydrogen) atoms. The van der Waals surface area contributed by atoms with Crippen molar-refractivity contribution in [2.24, 2.45) is 0 Å². The Morgan fingerprint density at radius 3 is 2.53 bits per heavy atom. The van der Waals surface area contributed by atoms with E-state index in [1.165, 1.54) is 0 Å². The molecule has 2 rings (SSSR count). The molecule has 2 aliphatic heterocycles. The van der Waals surface area contributed by atoms with E-state index in [1.807, 2.05) is 0 Å². The van der Waals surface area contributed by atoms with Crippen LogP contribution in [0, 0.1) is 0 Å². The zero-order valence-electron chi connectivity index (χ0n) is 9.43. The van der Waals surface area contributed by atoms with Crippen LogP contribution in [0.15, 0.2) is 0 Å². The van der Waals surface area contributed by atoms with Gasteiger partial charge < -0.3 is 25.2 Å². The smallest absolute Gasteiger partial charge is 0.410 e. The van der Waals surface area contributed by atoms with Gasteiger partial charge in [-0.15, -0.1) is 0 Å². The summed E-state index contributed by atoms with van der Waals surface area (Å²) in [5.74, 6) is 0. The number of fused-ring (bicyclic) bond motifs is 1. The molecule has 2 aliphatic rings. The Morgan fingerprint density at radius 1 is 1.29 bits per heavy atom. The number of piperidine rings is 1. The number of rotatable bonds is 1. The van der Waals surface area contributed by atoms with Crippen molar-refractivity contribution >= 4 is 6.09 Å². The minimum absolute atomic E-state index is 0.354. The highest BCUT2D eigenvalue weighted by atomic mass is 16.6. The van der Waals surface area contributed by atoms with Gasteiger partial charge in [-0.3, -0.25) is 4.90 Å². The predicted molar refractivity (Wildman–Crippen MR) is 55.1 cm³/mol. The zero-order valence-corrected chi connectivity index (χ0v) is 9.43. The van der Waals surface area contributed by atoms with Crippen LogP contribution in [0.1, 0.15) is 13.3 Å². The molecule has 98 valence electrons. The molecule has 0 saturated carbocycles. The van der Waals surface area contributed by atoms with Crippen molar-refractivity contribution in [2.45, 2.75) is 49.8 Å². The Morgan fingerprint density at radius 2 is 1.94 bits per heavy atom. The quantitative estimate of drug-likeness (QED) is 0.428. The van der Waals surface area contributed by atoms with Gasteiger partial charge in [-0.2, -0.15) is 0 Å². The van der Waals surface area contributed by atoms with Gasteiger partial charge in [0.15, 0.2) is 0 Å². The van der Waals surface area contributed by atoms with Crippen molar-refractivity contribution in [3.05, 3.63) is 0 Å². The first-order valence-electron chi connectivity index (χ1n) is 5.61. The first-order chi connectivity index (χ1) is 7.97. The largest absolute Gasteiger partial charge is 0.446 e.